The number of esters is 1. The summed E-state index contributed by atoms with van der Waals surface area (Å²) in [5.41, 5.74) is 1.56. The number of ketones is 1. The van der Waals surface area contributed by atoms with E-state index in [1.807, 2.05) is 6.07 Å². The highest BCUT2D eigenvalue weighted by molar-refractivity contribution is 6.01. The highest BCUT2D eigenvalue weighted by Gasteiger charge is 2.30. The van der Waals surface area contributed by atoms with Gasteiger partial charge in [-0.3, -0.25) is 9.59 Å². The first kappa shape index (κ1) is 12.6. The SMILES string of the molecule is CCOC(=O)C1CC(=O)c2cc(OC)ccc2C1. The van der Waals surface area contributed by atoms with Gasteiger partial charge in [-0.05, 0) is 31.0 Å². The van der Waals surface area contributed by atoms with E-state index in [4.69, 9.17) is 9.47 Å². The van der Waals surface area contributed by atoms with E-state index in [2.05, 4.69) is 0 Å². The molecule has 18 heavy (non-hydrogen) atoms. The van der Waals surface area contributed by atoms with Crippen molar-refractivity contribution in [3.05, 3.63) is 29.3 Å². The fraction of sp³-hybridized carbons (Fsp3) is 0.429. The molecule has 96 valence electrons. The van der Waals surface area contributed by atoms with Crippen molar-refractivity contribution in [2.45, 2.75) is 19.8 Å². The molecule has 1 aliphatic carbocycles. The molecule has 0 bridgehead atoms. The van der Waals surface area contributed by atoms with E-state index in [1.165, 1.54) is 0 Å². The summed E-state index contributed by atoms with van der Waals surface area (Å²) in [6, 6.07) is 5.39. The van der Waals surface area contributed by atoms with Gasteiger partial charge >= 0.3 is 5.97 Å². The lowest BCUT2D eigenvalue weighted by molar-refractivity contribution is -0.148. The van der Waals surface area contributed by atoms with Gasteiger partial charge in [0, 0.05) is 12.0 Å². The third kappa shape index (κ3) is 2.37. The van der Waals surface area contributed by atoms with E-state index in [0.717, 1.165) is 5.56 Å². The van der Waals surface area contributed by atoms with Crippen LogP contribution in [0.4, 0.5) is 0 Å². The van der Waals surface area contributed by atoms with Crippen molar-refractivity contribution in [2.24, 2.45) is 5.92 Å². The summed E-state index contributed by atoms with van der Waals surface area (Å²) in [4.78, 5) is 23.7. The van der Waals surface area contributed by atoms with Crippen LogP contribution in [0.2, 0.25) is 0 Å². The molecule has 0 amide bonds. The number of rotatable bonds is 3. The normalized spacial score (nSPS) is 18.1. The number of carbonyl (C=O) groups is 2. The zero-order valence-electron chi connectivity index (χ0n) is 10.6. The van der Waals surface area contributed by atoms with E-state index in [9.17, 15) is 9.59 Å². The Labute approximate surface area is 106 Å². The molecule has 1 aromatic rings. The van der Waals surface area contributed by atoms with Crippen molar-refractivity contribution < 1.29 is 19.1 Å². The summed E-state index contributed by atoms with van der Waals surface area (Å²) >= 11 is 0. The van der Waals surface area contributed by atoms with Crippen molar-refractivity contribution in [1.29, 1.82) is 0 Å². The molecule has 0 fully saturated rings. The minimum absolute atomic E-state index is 0.0202. The number of hydrogen-bond donors (Lipinski definition) is 0. The van der Waals surface area contributed by atoms with Crippen LogP contribution in [0.3, 0.4) is 0 Å². The second kappa shape index (κ2) is 5.21. The van der Waals surface area contributed by atoms with Gasteiger partial charge in [0.25, 0.3) is 0 Å². The molecule has 1 atom stereocenters. The molecule has 1 aromatic carbocycles. The van der Waals surface area contributed by atoms with Gasteiger partial charge in [-0.25, -0.2) is 0 Å². The zero-order chi connectivity index (χ0) is 13.1. The molecule has 1 unspecified atom stereocenters. The Hall–Kier alpha value is -1.84. The smallest absolute Gasteiger partial charge is 0.309 e. The molecule has 4 heteroatoms. The molecular formula is C14H16O4. The highest BCUT2D eigenvalue weighted by atomic mass is 16.5. The molecule has 0 saturated heterocycles. The van der Waals surface area contributed by atoms with Crippen LogP contribution in [-0.4, -0.2) is 25.5 Å². The summed E-state index contributed by atoms with van der Waals surface area (Å²) in [5.74, 6) is 0.00977. The Bertz CT molecular complexity index is 479. The number of benzene rings is 1. The summed E-state index contributed by atoms with van der Waals surface area (Å²) in [7, 11) is 1.57. The number of methoxy groups -OCH3 is 1. The van der Waals surface area contributed by atoms with E-state index < -0.39 is 0 Å². The van der Waals surface area contributed by atoms with Gasteiger partial charge in [0.05, 0.1) is 19.6 Å². The van der Waals surface area contributed by atoms with Gasteiger partial charge in [0.2, 0.25) is 0 Å². The van der Waals surface area contributed by atoms with Crippen LogP contribution >= 0.6 is 0 Å². The summed E-state index contributed by atoms with van der Waals surface area (Å²) in [5, 5.41) is 0. The number of fused-ring (bicyclic) bond motifs is 1. The Morgan fingerprint density at radius 1 is 1.39 bits per heavy atom. The second-order valence-electron chi connectivity index (χ2n) is 4.30. The zero-order valence-corrected chi connectivity index (χ0v) is 10.6. The predicted octanol–water partition coefficient (Wildman–Crippen LogP) is 2.00. The third-order valence-corrected chi connectivity index (χ3v) is 3.14. The number of carbonyl (C=O) groups excluding carboxylic acids is 2. The highest BCUT2D eigenvalue weighted by Crippen LogP contribution is 2.29. The molecule has 0 heterocycles. The lowest BCUT2D eigenvalue weighted by Crippen LogP contribution is -2.28. The molecular weight excluding hydrogens is 232 g/mol. The summed E-state index contributed by atoms with van der Waals surface area (Å²) in [6.07, 6.45) is 0.781. The molecule has 0 radical (unpaired) electrons. The Morgan fingerprint density at radius 2 is 2.17 bits per heavy atom. The average Bonchev–Trinajstić information content (AvgIpc) is 2.38. The molecule has 1 aliphatic rings. The van der Waals surface area contributed by atoms with Gasteiger partial charge in [-0.1, -0.05) is 6.07 Å². The maximum Gasteiger partial charge on any atom is 0.309 e. The van der Waals surface area contributed by atoms with E-state index in [1.54, 1.807) is 26.2 Å². The van der Waals surface area contributed by atoms with Gasteiger partial charge < -0.3 is 9.47 Å². The van der Waals surface area contributed by atoms with Crippen molar-refractivity contribution in [3.63, 3.8) is 0 Å². The van der Waals surface area contributed by atoms with E-state index >= 15 is 0 Å². The number of ether oxygens (including phenoxy) is 2. The molecule has 0 aliphatic heterocycles. The Kier molecular flexibility index (Phi) is 3.65. The van der Waals surface area contributed by atoms with Crippen molar-refractivity contribution in [3.8, 4) is 5.75 Å². The van der Waals surface area contributed by atoms with Gasteiger partial charge in [0.1, 0.15) is 5.75 Å². The number of Topliss-reactive ketones (excluding diaryl/α,β-unsaturated/α-hetero) is 1. The van der Waals surface area contributed by atoms with Gasteiger partial charge in [-0.15, -0.1) is 0 Å². The summed E-state index contributed by atoms with van der Waals surface area (Å²) in [6.45, 7) is 2.11. The molecule has 4 nitrogen and oxygen atoms in total. The van der Waals surface area contributed by atoms with Crippen LogP contribution in [0.25, 0.3) is 0 Å². The first-order valence-corrected chi connectivity index (χ1v) is 6.02. The van der Waals surface area contributed by atoms with E-state index in [0.29, 0.717) is 24.3 Å². The molecule has 2 rings (SSSR count). The predicted molar refractivity (Wildman–Crippen MR) is 65.8 cm³/mol. The summed E-state index contributed by atoms with van der Waals surface area (Å²) < 4.78 is 10.1. The molecule has 0 aromatic heterocycles. The first-order chi connectivity index (χ1) is 8.65. The Balaban J connectivity index is 2.24. The monoisotopic (exact) mass is 248 g/mol. The third-order valence-electron chi connectivity index (χ3n) is 3.14. The van der Waals surface area contributed by atoms with Crippen molar-refractivity contribution in [2.75, 3.05) is 13.7 Å². The van der Waals surface area contributed by atoms with Gasteiger partial charge in [-0.2, -0.15) is 0 Å². The quantitative estimate of drug-likeness (QED) is 0.768. The van der Waals surface area contributed by atoms with Crippen LogP contribution in [-0.2, 0) is 16.0 Å². The fourth-order valence-corrected chi connectivity index (χ4v) is 2.22. The number of hydrogen-bond acceptors (Lipinski definition) is 4. The van der Waals surface area contributed by atoms with Gasteiger partial charge in [0.15, 0.2) is 5.78 Å². The molecule has 0 saturated carbocycles. The van der Waals surface area contributed by atoms with E-state index in [-0.39, 0.29) is 24.1 Å². The van der Waals surface area contributed by atoms with Crippen LogP contribution < -0.4 is 4.74 Å². The topological polar surface area (TPSA) is 52.6 Å². The lowest BCUT2D eigenvalue weighted by Gasteiger charge is -2.22. The van der Waals surface area contributed by atoms with Crippen LogP contribution in [0.15, 0.2) is 18.2 Å². The Morgan fingerprint density at radius 3 is 2.83 bits per heavy atom. The average molecular weight is 248 g/mol. The maximum absolute atomic E-state index is 12.0. The maximum atomic E-state index is 12.0. The molecule has 0 spiro atoms. The molecule has 0 N–H and O–H groups in total. The standard InChI is InChI=1S/C14H16O4/c1-3-18-14(16)10-6-9-4-5-11(17-2)8-12(9)13(15)7-10/h4-5,8,10H,3,6-7H2,1-2H3. The lowest BCUT2D eigenvalue weighted by atomic mass is 9.83. The minimum Gasteiger partial charge on any atom is -0.497 e. The van der Waals surface area contributed by atoms with Crippen molar-refractivity contribution >= 4 is 11.8 Å². The van der Waals surface area contributed by atoms with Crippen LogP contribution in [0.5, 0.6) is 5.75 Å². The van der Waals surface area contributed by atoms with Crippen LogP contribution in [0.1, 0.15) is 29.3 Å². The van der Waals surface area contributed by atoms with Crippen LogP contribution in [0, 0.1) is 5.92 Å². The fourth-order valence-electron chi connectivity index (χ4n) is 2.22. The van der Waals surface area contributed by atoms with Crippen molar-refractivity contribution in [1.82, 2.24) is 0 Å². The largest absolute Gasteiger partial charge is 0.497 e. The minimum atomic E-state index is -0.349. The second-order valence-corrected chi connectivity index (χ2v) is 4.30. The first-order valence-electron chi connectivity index (χ1n) is 6.02.